The molecule has 1 N–H and O–H groups in total. The molecular formula is C5H11N3O5. The summed E-state index contributed by atoms with van der Waals surface area (Å²) in [5.41, 5.74) is 0. The largest absolute Gasteiger partial charge is 0.313 e. The molecule has 0 heterocycles. The van der Waals surface area contributed by atoms with Crippen LogP contribution < -0.4 is 5.32 Å². The van der Waals surface area contributed by atoms with Gasteiger partial charge in [0.15, 0.2) is 0 Å². The van der Waals surface area contributed by atoms with Crippen LogP contribution in [0.5, 0.6) is 0 Å². The molecule has 8 nitrogen and oxygen atoms in total. The molecule has 0 rings (SSSR count). The van der Waals surface area contributed by atoms with Gasteiger partial charge in [0.05, 0.1) is 0 Å². The first-order valence-electron chi connectivity index (χ1n) is 3.72. The van der Waals surface area contributed by atoms with E-state index in [9.17, 15) is 20.2 Å². The lowest BCUT2D eigenvalue weighted by Gasteiger charge is -2.07. The third-order valence-corrected chi connectivity index (χ3v) is 1.32. The predicted octanol–water partition coefficient (Wildman–Crippen LogP) is -0.203. The maximum absolute atomic E-state index is 10.2. The van der Waals surface area contributed by atoms with Gasteiger partial charge in [-0.05, 0) is 0 Å². The van der Waals surface area contributed by atoms with Crippen LogP contribution in [0.1, 0.15) is 13.3 Å². The minimum atomic E-state index is -0.936. The Hall–Kier alpha value is -1.44. The normalized spacial score (nSPS) is 12.1. The first-order valence-corrected chi connectivity index (χ1v) is 3.72. The number of nitro groups is 1. The Labute approximate surface area is 74.1 Å². The number of hydrogen-bond donors (Lipinski definition) is 1. The molecule has 0 aromatic carbocycles. The first-order chi connectivity index (χ1) is 6.07. The van der Waals surface area contributed by atoms with Gasteiger partial charge >= 0.3 is 0 Å². The standard InChI is InChI=1S/C5H11N3O5/c1-2-5(7(9)10)6-3-4-13-8(11)12/h5-6H,2-4H2,1H3. The fourth-order valence-electron chi connectivity index (χ4n) is 0.714. The van der Waals surface area contributed by atoms with Gasteiger partial charge in [-0.25, -0.2) is 0 Å². The van der Waals surface area contributed by atoms with E-state index in [1.165, 1.54) is 0 Å². The van der Waals surface area contributed by atoms with Crippen molar-refractivity contribution in [1.29, 1.82) is 0 Å². The number of nitrogens with one attached hydrogen (secondary N) is 1. The predicted molar refractivity (Wildman–Crippen MR) is 42.0 cm³/mol. The second kappa shape index (κ2) is 6.12. The molecule has 0 saturated carbocycles. The highest BCUT2D eigenvalue weighted by Gasteiger charge is 2.15. The molecule has 0 bridgehead atoms. The van der Waals surface area contributed by atoms with E-state index in [0.717, 1.165) is 0 Å². The van der Waals surface area contributed by atoms with Crippen LogP contribution >= 0.6 is 0 Å². The summed E-state index contributed by atoms with van der Waals surface area (Å²) in [5.74, 6) is 0. The second-order valence-corrected chi connectivity index (χ2v) is 2.22. The van der Waals surface area contributed by atoms with Gasteiger partial charge in [-0.1, -0.05) is 6.92 Å². The van der Waals surface area contributed by atoms with Gasteiger partial charge in [-0.2, -0.15) is 0 Å². The summed E-state index contributed by atoms with van der Waals surface area (Å²) in [4.78, 5) is 23.4. The van der Waals surface area contributed by atoms with Crippen molar-refractivity contribution in [3.05, 3.63) is 20.2 Å². The van der Waals surface area contributed by atoms with Gasteiger partial charge in [0.25, 0.3) is 11.3 Å². The average Bonchev–Trinajstić information content (AvgIpc) is 2.03. The summed E-state index contributed by atoms with van der Waals surface area (Å²) in [6, 6.07) is 0. The molecule has 8 heteroatoms. The highest BCUT2D eigenvalue weighted by Crippen LogP contribution is 1.90. The summed E-state index contributed by atoms with van der Waals surface area (Å²) in [6.45, 7) is 1.55. The molecule has 0 fully saturated rings. The summed E-state index contributed by atoms with van der Waals surface area (Å²) < 4.78 is 0. The molecule has 1 atom stereocenters. The Morgan fingerprint density at radius 1 is 1.46 bits per heavy atom. The van der Waals surface area contributed by atoms with E-state index >= 15 is 0 Å². The van der Waals surface area contributed by atoms with Crippen LogP contribution in [0.4, 0.5) is 0 Å². The first kappa shape index (κ1) is 11.6. The van der Waals surface area contributed by atoms with E-state index in [-0.39, 0.29) is 13.2 Å². The lowest BCUT2D eigenvalue weighted by atomic mass is 10.4. The number of rotatable bonds is 7. The van der Waals surface area contributed by atoms with Crippen molar-refractivity contribution in [3.8, 4) is 0 Å². The quantitative estimate of drug-likeness (QED) is 0.259. The minimum Gasteiger partial charge on any atom is -0.313 e. The Morgan fingerprint density at radius 3 is 2.46 bits per heavy atom. The summed E-state index contributed by atoms with van der Waals surface area (Å²) in [6.07, 6.45) is -0.541. The number of nitrogens with zero attached hydrogens (tertiary/aromatic N) is 2. The van der Waals surface area contributed by atoms with Crippen LogP contribution in [0, 0.1) is 20.2 Å². The van der Waals surface area contributed by atoms with Crippen molar-refractivity contribution >= 4 is 0 Å². The van der Waals surface area contributed by atoms with Crippen molar-refractivity contribution in [2.24, 2.45) is 0 Å². The van der Waals surface area contributed by atoms with E-state index in [4.69, 9.17) is 0 Å². The van der Waals surface area contributed by atoms with Crippen LogP contribution in [-0.4, -0.2) is 29.3 Å². The van der Waals surface area contributed by atoms with Crippen molar-refractivity contribution in [3.63, 3.8) is 0 Å². The van der Waals surface area contributed by atoms with E-state index in [2.05, 4.69) is 10.2 Å². The molecule has 0 aliphatic carbocycles. The SMILES string of the molecule is CCC(NCCO[N+](=O)[O-])[N+](=O)[O-]. The van der Waals surface area contributed by atoms with Crippen LogP contribution in [0.3, 0.4) is 0 Å². The summed E-state index contributed by atoms with van der Waals surface area (Å²) in [5, 5.41) is 21.5. The van der Waals surface area contributed by atoms with Gasteiger partial charge in [-0.15, -0.1) is 10.1 Å². The van der Waals surface area contributed by atoms with Crippen molar-refractivity contribution in [2.45, 2.75) is 19.5 Å². The molecule has 0 aliphatic rings. The van der Waals surface area contributed by atoms with Gasteiger partial charge in [0, 0.05) is 17.9 Å². The lowest BCUT2D eigenvalue weighted by Crippen LogP contribution is -2.37. The molecule has 0 amide bonds. The van der Waals surface area contributed by atoms with Crippen LogP contribution in [-0.2, 0) is 4.84 Å². The average molecular weight is 193 g/mol. The Balaban J connectivity index is 3.50. The Kier molecular flexibility index (Phi) is 5.44. The van der Waals surface area contributed by atoms with Crippen LogP contribution in [0.25, 0.3) is 0 Å². The third-order valence-electron chi connectivity index (χ3n) is 1.32. The lowest BCUT2D eigenvalue weighted by molar-refractivity contribution is -0.757. The van der Waals surface area contributed by atoms with Crippen LogP contribution in [0.15, 0.2) is 0 Å². The van der Waals surface area contributed by atoms with Crippen molar-refractivity contribution in [2.75, 3.05) is 13.2 Å². The second-order valence-electron chi connectivity index (χ2n) is 2.22. The third kappa shape index (κ3) is 5.79. The molecular weight excluding hydrogens is 182 g/mol. The van der Waals surface area contributed by atoms with Gasteiger partial charge in [0.2, 0.25) is 0 Å². The molecule has 76 valence electrons. The number of hydrogen-bond acceptors (Lipinski definition) is 6. The Morgan fingerprint density at radius 2 is 2.08 bits per heavy atom. The molecule has 1 unspecified atom stereocenters. The van der Waals surface area contributed by atoms with Crippen molar-refractivity contribution < 1.29 is 14.8 Å². The topological polar surface area (TPSA) is 108 Å². The molecule has 0 aromatic heterocycles. The molecule has 0 radical (unpaired) electrons. The monoisotopic (exact) mass is 193 g/mol. The summed E-state index contributed by atoms with van der Waals surface area (Å²) >= 11 is 0. The van der Waals surface area contributed by atoms with Gasteiger partial charge < -0.3 is 4.84 Å². The fourth-order valence-corrected chi connectivity index (χ4v) is 0.714. The van der Waals surface area contributed by atoms with E-state index in [0.29, 0.717) is 6.42 Å². The molecule has 0 aliphatic heterocycles. The van der Waals surface area contributed by atoms with E-state index in [1.807, 2.05) is 0 Å². The zero-order valence-electron chi connectivity index (χ0n) is 7.13. The van der Waals surface area contributed by atoms with Crippen molar-refractivity contribution in [1.82, 2.24) is 5.32 Å². The Bertz CT molecular complexity index is 185. The highest BCUT2D eigenvalue weighted by molar-refractivity contribution is 4.50. The molecule has 0 saturated heterocycles. The zero-order chi connectivity index (χ0) is 10.3. The molecule has 13 heavy (non-hydrogen) atoms. The smallest absolute Gasteiger partial charge is 0.294 e. The minimum absolute atomic E-state index is 0.0838. The molecule has 0 spiro atoms. The summed E-state index contributed by atoms with van der Waals surface area (Å²) in [7, 11) is 0. The van der Waals surface area contributed by atoms with Crippen LogP contribution in [0.2, 0.25) is 0 Å². The van der Waals surface area contributed by atoms with Gasteiger partial charge in [0.1, 0.15) is 6.61 Å². The maximum Gasteiger partial charge on any atom is 0.294 e. The highest BCUT2D eigenvalue weighted by atomic mass is 16.9. The fraction of sp³-hybridized carbons (Fsp3) is 1.00. The van der Waals surface area contributed by atoms with E-state index < -0.39 is 16.2 Å². The molecule has 0 aromatic rings. The zero-order valence-corrected chi connectivity index (χ0v) is 7.13. The maximum atomic E-state index is 10.2. The van der Waals surface area contributed by atoms with E-state index in [1.54, 1.807) is 6.92 Å². The van der Waals surface area contributed by atoms with Gasteiger partial charge in [-0.3, -0.25) is 15.4 Å².